The Labute approximate surface area is 144 Å². The van der Waals surface area contributed by atoms with Crippen molar-refractivity contribution in [3.63, 3.8) is 0 Å². The average molecular weight is 336 g/mol. The maximum absolute atomic E-state index is 9.26. The summed E-state index contributed by atoms with van der Waals surface area (Å²) >= 11 is 6.04. The highest BCUT2D eigenvalue weighted by Crippen LogP contribution is 2.35. The van der Waals surface area contributed by atoms with Gasteiger partial charge in [-0.15, -0.1) is 0 Å². The first-order chi connectivity index (χ1) is 11.7. The van der Waals surface area contributed by atoms with Gasteiger partial charge in [-0.25, -0.2) is 10.4 Å². The molecule has 118 valence electrons. The maximum Gasteiger partial charge on any atom is 0.147 e. The molecule has 0 fully saturated rings. The number of hydrazine groups is 1. The Morgan fingerprint density at radius 2 is 2.17 bits per heavy atom. The van der Waals surface area contributed by atoms with Crippen molar-refractivity contribution in [3.05, 3.63) is 64.6 Å². The number of fused-ring (bicyclic) bond motifs is 2. The van der Waals surface area contributed by atoms with Crippen molar-refractivity contribution in [2.45, 2.75) is 19.5 Å². The number of benzene rings is 1. The lowest BCUT2D eigenvalue weighted by Gasteiger charge is -2.20. The fourth-order valence-electron chi connectivity index (χ4n) is 3.15. The van der Waals surface area contributed by atoms with Crippen LogP contribution in [0.3, 0.4) is 0 Å². The minimum atomic E-state index is 0.0555. The van der Waals surface area contributed by atoms with E-state index in [0.717, 1.165) is 27.7 Å². The molecule has 5 nitrogen and oxygen atoms in total. The molecular formula is C18H14ClN5. The number of halogens is 1. The van der Waals surface area contributed by atoms with Crippen molar-refractivity contribution >= 4 is 28.2 Å². The van der Waals surface area contributed by atoms with Gasteiger partial charge < -0.3 is 5.01 Å². The van der Waals surface area contributed by atoms with Gasteiger partial charge in [-0.05, 0) is 36.8 Å². The SMILES string of the molecule is CC1NN(Cc2ccc3ncc(Cl)cc3c2)c2ccnc(C#N)c21. The largest absolute Gasteiger partial charge is 0.303 e. The van der Waals surface area contributed by atoms with E-state index in [4.69, 9.17) is 11.6 Å². The summed E-state index contributed by atoms with van der Waals surface area (Å²) in [4.78, 5) is 8.48. The lowest BCUT2D eigenvalue weighted by molar-refractivity contribution is 0.578. The number of anilines is 1. The first-order valence-electron chi connectivity index (χ1n) is 7.62. The van der Waals surface area contributed by atoms with E-state index in [1.54, 1.807) is 12.4 Å². The van der Waals surface area contributed by atoms with Crippen LogP contribution in [0.15, 0.2) is 42.7 Å². The minimum absolute atomic E-state index is 0.0555. The van der Waals surface area contributed by atoms with Crippen LogP contribution in [-0.2, 0) is 6.54 Å². The van der Waals surface area contributed by atoms with E-state index < -0.39 is 0 Å². The Kier molecular flexibility index (Phi) is 3.57. The number of hydrogen-bond donors (Lipinski definition) is 1. The van der Waals surface area contributed by atoms with Gasteiger partial charge in [0.2, 0.25) is 0 Å². The van der Waals surface area contributed by atoms with Crippen LogP contribution in [0.2, 0.25) is 5.02 Å². The second-order valence-corrected chi connectivity index (χ2v) is 6.26. The third-order valence-corrected chi connectivity index (χ3v) is 4.41. The molecule has 0 bridgehead atoms. The first-order valence-corrected chi connectivity index (χ1v) is 8.00. The van der Waals surface area contributed by atoms with E-state index in [1.165, 1.54) is 0 Å². The molecule has 2 aromatic heterocycles. The fraction of sp³-hybridized carbons (Fsp3) is 0.167. The summed E-state index contributed by atoms with van der Waals surface area (Å²) in [6.07, 6.45) is 3.33. The topological polar surface area (TPSA) is 64.8 Å². The molecule has 1 atom stereocenters. The second kappa shape index (κ2) is 5.75. The molecule has 1 aromatic carbocycles. The summed E-state index contributed by atoms with van der Waals surface area (Å²) in [5, 5.41) is 13.0. The highest BCUT2D eigenvalue weighted by Gasteiger charge is 2.28. The number of nitriles is 1. The van der Waals surface area contributed by atoms with E-state index in [0.29, 0.717) is 17.3 Å². The van der Waals surface area contributed by atoms with E-state index in [-0.39, 0.29) is 6.04 Å². The molecule has 3 aromatic rings. The van der Waals surface area contributed by atoms with Gasteiger partial charge in [0.05, 0.1) is 28.8 Å². The molecule has 1 aliphatic heterocycles. The number of pyridine rings is 2. The molecule has 0 saturated carbocycles. The van der Waals surface area contributed by atoms with Gasteiger partial charge in [0.25, 0.3) is 0 Å². The monoisotopic (exact) mass is 335 g/mol. The Morgan fingerprint density at radius 1 is 1.29 bits per heavy atom. The fourth-order valence-corrected chi connectivity index (χ4v) is 3.31. The molecule has 0 spiro atoms. The summed E-state index contributed by atoms with van der Waals surface area (Å²) < 4.78 is 0. The molecule has 24 heavy (non-hydrogen) atoms. The van der Waals surface area contributed by atoms with Gasteiger partial charge in [0.1, 0.15) is 11.8 Å². The summed E-state index contributed by atoms with van der Waals surface area (Å²) in [5.41, 5.74) is 7.88. The van der Waals surface area contributed by atoms with Gasteiger partial charge in [0, 0.05) is 23.3 Å². The number of aromatic nitrogens is 2. The third-order valence-electron chi connectivity index (χ3n) is 4.20. The highest BCUT2D eigenvalue weighted by molar-refractivity contribution is 6.31. The lowest BCUT2D eigenvalue weighted by Crippen LogP contribution is -2.32. The van der Waals surface area contributed by atoms with Crippen LogP contribution in [0.5, 0.6) is 0 Å². The maximum atomic E-state index is 9.26. The predicted molar refractivity (Wildman–Crippen MR) is 93.4 cm³/mol. The van der Waals surface area contributed by atoms with Crippen molar-refractivity contribution in [1.82, 2.24) is 15.4 Å². The minimum Gasteiger partial charge on any atom is -0.303 e. The number of rotatable bonds is 2. The van der Waals surface area contributed by atoms with Crippen LogP contribution in [0.1, 0.15) is 29.8 Å². The quantitative estimate of drug-likeness (QED) is 0.772. The number of hydrogen-bond acceptors (Lipinski definition) is 5. The van der Waals surface area contributed by atoms with Gasteiger partial charge in [-0.3, -0.25) is 4.98 Å². The molecular weight excluding hydrogens is 322 g/mol. The third kappa shape index (κ3) is 2.46. The summed E-state index contributed by atoms with van der Waals surface area (Å²) in [5.74, 6) is 0. The molecule has 1 unspecified atom stereocenters. The molecule has 1 N–H and O–H groups in total. The molecule has 4 rings (SSSR count). The van der Waals surface area contributed by atoms with Gasteiger partial charge >= 0.3 is 0 Å². The summed E-state index contributed by atoms with van der Waals surface area (Å²) in [6.45, 7) is 2.71. The molecule has 0 saturated heterocycles. The van der Waals surface area contributed by atoms with E-state index in [9.17, 15) is 5.26 Å². The van der Waals surface area contributed by atoms with Crippen molar-refractivity contribution in [2.75, 3.05) is 5.01 Å². The zero-order valence-corrected chi connectivity index (χ0v) is 13.7. The molecule has 3 heterocycles. The molecule has 6 heteroatoms. The summed E-state index contributed by atoms with van der Waals surface area (Å²) in [7, 11) is 0. The number of nitrogens with zero attached hydrogens (tertiary/aromatic N) is 4. The van der Waals surface area contributed by atoms with Crippen molar-refractivity contribution in [3.8, 4) is 6.07 Å². The van der Waals surface area contributed by atoms with Crippen LogP contribution < -0.4 is 10.4 Å². The Bertz CT molecular complexity index is 979. The Balaban J connectivity index is 1.69. The average Bonchev–Trinajstić information content (AvgIpc) is 2.90. The Morgan fingerprint density at radius 3 is 3.00 bits per heavy atom. The molecule has 1 aliphatic rings. The second-order valence-electron chi connectivity index (χ2n) is 5.82. The van der Waals surface area contributed by atoms with Crippen LogP contribution in [0, 0.1) is 11.3 Å². The highest BCUT2D eigenvalue weighted by atomic mass is 35.5. The normalized spacial score (nSPS) is 16.2. The zero-order valence-electron chi connectivity index (χ0n) is 13.0. The van der Waals surface area contributed by atoms with Crippen molar-refractivity contribution in [1.29, 1.82) is 5.26 Å². The van der Waals surface area contributed by atoms with Gasteiger partial charge in [0.15, 0.2) is 0 Å². The molecule has 0 amide bonds. The van der Waals surface area contributed by atoms with Crippen LogP contribution in [0.25, 0.3) is 10.9 Å². The Hall–Kier alpha value is -2.68. The van der Waals surface area contributed by atoms with E-state index in [1.807, 2.05) is 25.1 Å². The van der Waals surface area contributed by atoms with Crippen molar-refractivity contribution < 1.29 is 0 Å². The first kappa shape index (κ1) is 14.9. The van der Waals surface area contributed by atoms with Gasteiger partial charge in [-0.1, -0.05) is 17.7 Å². The summed E-state index contributed by atoms with van der Waals surface area (Å²) in [6, 6.07) is 12.2. The zero-order chi connectivity index (χ0) is 16.7. The molecule has 0 aliphatic carbocycles. The van der Waals surface area contributed by atoms with Crippen LogP contribution in [0.4, 0.5) is 5.69 Å². The van der Waals surface area contributed by atoms with E-state index in [2.05, 4.69) is 38.6 Å². The lowest BCUT2D eigenvalue weighted by atomic mass is 10.1. The number of nitrogens with one attached hydrogen (secondary N) is 1. The van der Waals surface area contributed by atoms with Crippen LogP contribution >= 0.6 is 11.6 Å². The van der Waals surface area contributed by atoms with Crippen molar-refractivity contribution in [2.24, 2.45) is 0 Å². The van der Waals surface area contributed by atoms with Gasteiger partial charge in [-0.2, -0.15) is 5.26 Å². The molecule has 0 radical (unpaired) electrons. The standard InChI is InChI=1S/C18H14ClN5/c1-11-18-16(8-20)21-5-4-17(18)24(23-11)10-12-2-3-15-13(6-12)7-14(19)9-22-15/h2-7,9,11,23H,10H2,1H3. The smallest absolute Gasteiger partial charge is 0.147 e. The van der Waals surface area contributed by atoms with Crippen LogP contribution in [-0.4, -0.2) is 9.97 Å². The predicted octanol–water partition coefficient (Wildman–Crippen LogP) is 3.74. The van der Waals surface area contributed by atoms with E-state index >= 15 is 0 Å².